The van der Waals surface area contributed by atoms with E-state index < -0.39 is 0 Å². The Balaban J connectivity index is 1.62. The number of amides is 1. The van der Waals surface area contributed by atoms with Crippen LogP contribution >= 0.6 is 11.8 Å². The molecule has 1 aromatic heterocycles. The van der Waals surface area contributed by atoms with Gasteiger partial charge in [0, 0.05) is 24.0 Å². The molecule has 6 heteroatoms. The molecule has 1 saturated carbocycles. The van der Waals surface area contributed by atoms with Gasteiger partial charge in [-0.15, -0.1) is 0 Å². The smallest absolute Gasteiger partial charge is 0.233 e. The van der Waals surface area contributed by atoms with Crippen LogP contribution in [0.2, 0.25) is 0 Å². The molecule has 1 amide bonds. The third-order valence-corrected chi connectivity index (χ3v) is 4.94. The Morgan fingerprint density at radius 2 is 1.84 bits per heavy atom. The van der Waals surface area contributed by atoms with Crippen LogP contribution in [0.3, 0.4) is 0 Å². The van der Waals surface area contributed by atoms with E-state index >= 15 is 0 Å². The molecular formula is C19H23N3O2S. The fraction of sp³-hybridized carbons (Fsp3) is 0.421. The van der Waals surface area contributed by atoms with Gasteiger partial charge in [0.1, 0.15) is 5.75 Å². The van der Waals surface area contributed by atoms with Gasteiger partial charge in [0.05, 0.1) is 12.9 Å². The second kappa shape index (κ2) is 7.87. The molecule has 2 aromatic rings. The lowest BCUT2D eigenvalue weighted by atomic mass is 10.2. The lowest BCUT2D eigenvalue weighted by Gasteiger charge is -2.22. The summed E-state index contributed by atoms with van der Waals surface area (Å²) in [6, 6.07) is 10.2. The molecule has 0 radical (unpaired) electrons. The van der Waals surface area contributed by atoms with E-state index in [0.717, 1.165) is 35.5 Å². The summed E-state index contributed by atoms with van der Waals surface area (Å²) in [6.07, 6.45) is 2.18. The number of hydrogen-bond donors (Lipinski definition) is 0. The molecule has 0 spiro atoms. The first-order chi connectivity index (χ1) is 12.0. The highest BCUT2D eigenvalue weighted by Crippen LogP contribution is 2.30. The van der Waals surface area contributed by atoms with Crippen molar-refractivity contribution in [2.45, 2.75) is 44.4 Å². The Labute approximate surface area is 152 Å². The van der Waals surface area contributed by atoms with E-state index in [1.807, 2.05) is 49.1 Å². The van der Waals surface area contributed by atoms with Crippen LogP contribution in [0.4, 0.5) is 0 Å². The van der Waals surface area contributed by atoms with Crippen LogP contribution < -0.4 is 4.74 Å². The van der Waals surface area contributed by atoms with E-state index in [4.69, 9.17) is 4.74 Å². The first-order valence-electron chi connectivity index (χ1n) is 8.42. The Kier molecular flexibility index (Phi) is 5.58. The van der Waals surface area contributed by atoms with E-state index in [9.17, 15) is 4.79 Å². The fourth-order valence-corrected chi connectivity index (χ4v) is 3.54. The van der Waals surface area contributed by atoms with Crippen molar-refractivity contribution in [1.29, 1.82) is 0 Å². The average Bonchev–Trinajstić information content (AvgIpc) is 3.42. The summed E-state index contributed by atoms with van der Waals surface area (Å²) in [5, 5.41) is 0.672. The maximum absolute atomic E-state index is 12.7. The van der Waals surface area contributed by atoms with Crippen molar-refractivity contribution in [2.24, 2.45) is 0 Å². The van der Waals surface area contributed by atoms with Crippen molar-refractivity contribution in [2.75, 3.05) is 12.9 Å². The van der Waals surface area contributed by atoms with Crippen molar-refractivity contribution in [1.82, 2.24) is 14.9 Å². The van der Waals surface area contributed by atoms with E-state index in [2.05, 4.69) is 9.97 Å². The summed E-state index contributed by atoms with van der Waals surface area (Å²) >= 11 is 1.41. The molecule has 25 heavy (non-hydrogen) atoms. The molecule has 0 aliphatic heterocycles. The van der Waals surface area contributed by atoms with E-state index in [1.54, 1.807) is 7.11 Å². The van der Waals surface area contributed by atoms with Gasteiger partial charge < -0.3 is 9.64 Å². The number of aryl methyl sites for hydroxylation is 2. The molecule has 0 unspecified atom stereocenters. The number of benzene rings is 1. The first kappa shape index (κ1) is 17.7. The van der Waals surface area contributed by atoms with E-state index in [1.165, 1.54) is 11.8 Å². The molecule has 132 valence electrons. The first-order valence-corrected chi connectivity index (χ1v) is 9.41. The maximum Gasteiger partial charge on any atom is 0.233 e. The second-order valence-electron chi connectivity index (χ2n) is 6.32. The quantitative estimate of drug-likeness (QED) is 0.562. The number of rotatable bonds is 7. The molecule has 0 atom stereocenters. The van der Waals surface area contributed by atoms with Gasteiger partial charge in [-0.2, -0.15) is 0 Å². The summed E-state index contributed by atoms with van der Waals surface area (Å²) in [7, 11) is 1.65. The van der Waals surface area contributed by atoms with Crippen LogP contribution in [0, 0.1) is 13.8 Å². The Hall–Kier alpha value is -2.08. The zero-order chi connectivity index (χ0) is 17.8. The van der Waals surface area contributed by atoms with Gasteiger partial charge in [-0.3, -0.25) is 4.79 Å². The normalized spacial score (nSPS) is 13.6. The number of thioether (sulfide) groups is 1. The van der Waals surface area contributed by atoms with Gasteiger partial charge in [-0.1, -0.05) is 23.9 Å². The number of nitrogens with zero attached hydrogens (tertiary/aromatic N) is 3. The monoisotopic (exact) mass is 357 g/mol. The maximum atomic E-state index is 12.7. The largest absolute Gasteiger partial charge is 0.497 e. The summed E-state index contributed by atoms with van der Waals surface area (Å²) in [6.45, 7) is 4.53. The molecular weight excluding hydrogens is 334 g/mol. The van der Waals surface area contributed by atoms with Gasteiger partial charge in [-0.25, -0.2) is 9.97 Å². The molecule has 5 nitrogen and oxygen atoms in total. The standard InChI is InChI=1S/C19H23N3O2S/c1-13-10-14(2)21-19(20-13)25-12-18(23)22(16-6-7-16)11-15-4-8-17(24-3)9-5-15/h4-5,8-10,16H,6-7,11-12H2,1-3H3. The SMILES string of the molecule is COc1ccc(CN(C(=O)CSc2nc(C)cc(C)n2)C2CC2)cc1. The van der Waals surface area contributed by atoms with Crippen LogP contribution in [-0.4, -0.2) is 39.7 Å². The number of hydrogen-bond acceptors (Lipinski definition) is 5. The number of carbonyl (C=O) groups excluding carboxylic acids is 1. The molecule has 0 bridgehead atoms. The molecule has 1 heterocycles. The summed E-state index contributed by atoms with van der Waals surface area (Å²) in [5.74, 6) is 1.34. The van der Waals surface area contributed by atoms with Crippen molar-refractivity contribution in [3.05, 3.63) is 47.3 Å². The molecule has 3 rings (SSSR count). The van der Waals surface area contributed by atoms with Crippen LogP contribution in [0.5, 0.6) is 5.75 Å². The topological polar surface area (TPSA) is 55.3 Å². The molecule has 1 aromatic carbocycles. The molecule has 1 aliphatic rings. The summed E-state index contributed by atoms with van der Waals surface area (Å²) < 4.78 is 5.19. The van der Waals surface area contributed by atoms with Crippen LogP contribution in [0.1, 0.15) is 29.8 Å². The summed E-state index contributed by atoms with van der Waals surface area (Å²) in [4.78, 5) is 23.5. The van der Waals surface area contributed by atoms with Gasteiger partial charge in [0.2, 0.25) is 5.91 Å². The van der Waals surface area contributed by atoms with Gasteiger partial charge in [0.15, 0.2) is 5.16 Å². The predicted octanol–water partition coefficient (Wildman–Crippen LogP) is 3.39. The van der Waals surface area contributed by atoms with E-state index in [0.29, 0.717) is 23.5 Å². The summed E-state index contributed by atoms with van der Waals surface area (Å²) in [5.41, 5.74) is 2.98. The van der Waals surface area contributed by atoms with Crippen LogP contribution in [0.25, 0.3) is 0 Å². The highest BCUT2D eigenvalue weighted by Gasteiger charge is 2.32. The van der Waals surface area contributed by atoms with Crippen molar-refractivity contribution >= 4 is 17.7 Å². The van der Waals surface area contributed by atoms with Crippen LogP contribution in [0.15, 0.2) is 35.5 Å². The van der Waals surface area contributed by atoms with Crippen LogP contribution in [-0.2, 0) is 11.3 Å². The third kappa shape index (κ3) is 4.95. The number of aromatic nitrogens is 2. The molecule has 0 saturated heterocycles. The molecule has 1 fully saturated rings. The zero-order valence-electron chi connectivity index (χ0n) is 14.9. The average molecular weight is 357 g/mol. The van der Waals surface area contributed by atoms with Gasteiger partial charge in [0.25, 0.3) is 0 Å². The molecule has 0 N–H and O–H groups in total. The van der Waals surface area contributed by atoms with Crippen molar-refractivity contribution in [3.8, 4) is 5.75 Å². The van der Waals surface area contributed by atoms with Gasteiger partial charge >= 0.3 is 0 Å². The lowest BCUT2D eigenvalue weighted by molar-refractivity contribution is -0.129. The fourth-order valence-electron chi connectivity index (χ4n) is 2.70. The third-order valence-electron chi connectivity index (χ3n) is 4.11. The Morgan fingerprint density at radius 3 is 2.40 bits per heavy atom. The number of carbonyl (C=O) groups is 1. The molecule has 1 aliphatic carbocycles. The minimum atomic E-state index is 0.145. The van der Waals surface area contributed by atoms with E-state index in [-0.39, 0.29) is 5.91 Å². The Bertz CT molecular complexity index is 725. The minimum absolute atomic E-state index is 0.145. The zero-order valence-corrected chi connectivity index (χ0v) is 15.7. The highest BCUT2D eigenvalue weighted by molar-refractivity contribution is 7.99. The second-order valence-corrected chi connectivity index (χ2v) is 7.27. The number of ether oxygens (including phenoxy) is 1. The highest BCUT2D eigenvalue weighted by atomic mass is 32.2. The van der Waals surface area contributed by atoms with Crippen molar-refractivity contribution < 1.29 is 9.53 Å². The Morgan fingerprint density at radius 1 is 1.20 bits per heavy atom. The minimum Gasteiger partial charge on any atom is -0.497 e. The lowest BCUT2D eigenvalue weighted by Crippen LogP contribution is -2.34. The number of methoxy groups -OCH3 is 1. The predicted molar refractivity (Wildman–Crippen MR) is 98.8 cm³/mol. The van der Waals surface area contributed by atoms with Gasteiger partial charge in [-0.05, 0) is 50.5 Å². The van der Waals surface area contributed by atoms with Crippen molar-refractivity contribution in [3.63, 3.8) is 0 Å².